The van der Waals surface area contributed by atoms with Crippen molar-refractivity contribution >= 4 is 17.9 Å². The zero-order valence-corrected chi connectivity index (χ0v) is 15.2. The number of carbonyl (C=O) groups excluding carboxylic acids is 3. The van der Waals surface area contributed by atoms with Crippen molar-refractivity contribution in [2.24, 2.45) is 0 Å². The molecular weight excluding hydrogens is 332 g/mol. The van der Waals surface area contributed by atoms with Crippen LogP contribution in [0, 0.1) is 0 Å². The maximum Gasteiger partial charge on any atom is 0.306 e. The van der Waals surface area contributed by atoms with E-state index in [0.717, 1.165) is 0 Å². The normalized spacial score (nSPS) is 14.3. The Morgan fingerprint density at radius 2 is 1.32 bits per heavy atom. The number of rotatable bonds is 13. The predicted molar refractivity (Wildman–Crippen MR) is 88.5 cm³/mol. The lowest BCUT2D eigenvalue weighted by molar-refractivity contribution is -0.187. The van der Waals surface area contributed by atoms with E-state index in [1.807, 2.05) is 6.92 Å². The molecule has 0 radical (unpaired) electrons. The van der Waals surface area contributed by atoms with Crippen molar-refractivity contribution in [3.8, 4) is 0 Å². The van der Waals surface area contributed by atoms with E-state index in [2.05, 4.69) is 0 Å². The van der Waals surface area contributed by atoms with Crippen LogP contribution in [0.1, 0.15) is 59.3 Å². The molecule has 0 fully saturated rings. The highest BCUT2D eigenvalue weighted by Crippen LogP contribution is 2.14. The van der Waals surface area contributed by atoms with Gasteiger partial charge in [-0.2, -0.15) is 0 Å². The van der Waals surface area contributed by atoms with Crippen molar-refractivity contribution in [3.63, 3.8) is 0 Å². The zero-order chi connectivity index (χ0) is 19.2. The highest BCUT2D eigenvalue weighted by atomic mass is 16.6. The van der Waals surface area contributed by atoms with Gasteiger partial charge >= 0.3 is 17.9 Å². The summed E-state index contributed by atoms with van der Waals surface area (Å²) in [4.78, 5) is 35.1. The van der Waals surface area contributed by atoms with E-state index >= 15 is 0 Å². The van der Waals surface area contributed by atoms with Gasteiger partial charge in [0.1, 0.15) is 12.7 Å². The molecule has 0 aromatic carbocycles. The predicted octanol–water partition coefficient (Wildman–Crippen LogP) is 1.11. The van der Waals surface area contributed by atoms with Crippen molar-refractivity contribution in [1.82, 2.24) is 0 Å². The molecule has 0 saturated carbocycles. The van der Waals surface area contributed by atoms with Crippen molar-refractivity contribution < 1.29 is 38.8 Å². The van der Waals surface area contributed by atoms with Crippen LogP contribution in [-0.2, 0) is 28.6 Å². The summed E-state index contributed by atoms with van der Waals surface area (Å²) in [6, 6.07) is 0. The van der Waals surface area contributed by atoms with E-state index in [1.54, 1.807) is 13.8 Å². The molecule has 25 heavy (non-hydrogen) atoms. The third-order valence-corrected chi connectivity index (χ3v) is 3.25. The van der Waals surface area contributed by atoms with Crippen molar-refractivity contribution in [3.05, 3.63) is 0 Å². The van der Waals surface area contributed by atoms with E-state index in [9.17, 15) is 24.6 Å². The fourth-order valence-electron chi connectivity index (χ4n) is 2.00. The average Bonchev–Trinajstić information content (AvgIpc) is 2.56. The molecule has 0 aliphatic carbocycles. The molecule has 0 bridgehead atoms. The zero-order valence-electron chi connectivity index (χ0n) is 15.2. The average molecular weight is 362 g/mol. The van der Waals surface area contributed by atoms with Crippen LogP contribution in [0.5, 0.6) is 0 Å². The SMILES string of the molecule is CCCC(=O)OC[C@H](OC(=O)CCC)[C@@H](OC(=O)CCC)[C@H](O)CO. The van der Waals surface area contributed by atoms with E-state index < -0.39 is 42.8 Å². The standard InChI is InChI=1S/C17H30O8/c1-4-7-14(20)23-11-13(24-15(21)8-5-2)17(12(19)10-18)25-16(22)9-6-3/h12-13,17-19H,4-11H2,1-3H3/t12-,13+,17+/m1/s1. The minimum Gasteiger partial charge on any atom is -0.462 e. The summed E-state index contributed by atoms with van der Waals surface area (Å²) in [5, 5.41) is 19.2. The second-order valence-corrected chi connectivity index (χ2v) is 5.67. The van der Waals surface area contributed by atoms with Gasteiger partial charge < -0.3 is 24.4 Å². The highest BCUT2D eigenvalue weighted by Gasteiger charge is 2.35. The summed E-state index contributed by atoms with van der Waals surface area (Å²) in [5.74, 6) is -1.66. The van der Waals surface area contributed by atoms with Crippen molar-refractivity contribution in [1.29, 1.82) is 0 Å². The molecule has 8 nitrogen and oxygen atoms in total. The number of aliphatic hydroxyl groups is 2. The second kappa shape index (κ2) is 13.6. The van der Waals surface area contributed by atoms with Gasteiger partial charge in [0, 0.05) is 19.3 Å². The monoisotopic (exact) mass is 362 g/mol. The fraction of sp³-hybridized carbons (Fsp3) is 0.824. The third kappa shape index (κ3) is 10.0. The molecule has 0 aromatic heterocycles. The molecular formula is C17H30O8. The Hall–Kier alpha value is -1.67. The number of hydrogen-bond donors (Lipinski definition) is 2. The fourth-order valence-corrected chi connectivity index (χ4v) is 2.00. The lowest BCUT2D eigenvalue weighted by Gasteiger charge is -2.29. The topological polar surface area (TPSA) is 119 Å². The van der Waals surface area contributed by atoms with Gasteiger partial charge in [0.25, 0.3) is 0 Å². The van der Waals surface area contributed by atoms with Crippen LogP contribution in [0.15, 0.2) is 0 Å². The van der Waals surface area contributed by atoms with Crippen LogP contribution in [0.2, 0.25) is 0 Å². The minimum atomic E-state index is -1.47. The Labute approximate surface area is 148 Å². The van der Waals surface area contributed by atoms with Crippen molar-refractivity contribution in [2.75, 3.05) is 13.2 Å². The largest absolute Gasteiger partial charge is 0.462 e. The molecule has 0 rings (SSSR count). The summed E-state index contributed by atoms with van der Waals surface area (Å²) in [7, 11) is 0. The lowest BCUT2D eigenvalue weighted by Crippen LogP contribution is -2.47. The first-order valence-electron chi connectivity index (χ1n) is 8.72. The smallest absolute Gasteiger partial charge is 0.306 e. The molecule has 2 N–H and O–H groups in total. The summed E-state index contributed by atoms with van der Waals surface area (Å²) in [5.41, 5.74) is 0. The first-order valence-corrected chi connectivity index (χ1v) is 8.72. The van der Waals surface area contributed by atoms with Gasteiger partial charge in [-0.25, -0.2) is 0 Å². The van der Waals surface area contributed by atoms with Crippen LogP contribution in [-0.4, -0.2) is 59.6 Å². The number of hydrogen-bond acceptors (Lipinski definition) is 8. The summed E-state index contributed by atoms with van der Waals surface area (Å²) >= 11 is 0. The highest BCUT2D eigenvalue weighted by molar-refractivity contribution is 5.71. The Bertz CT molecular complexity index is 409. The molecule has 0 spiro atoms. The van der Waals surface area contributed by atoms with Gasteiger partial charge in [-0.15, -0.1) is 0 Å². The van der Waals surface area contributed by atoms with Gasteiger partial charge in [0.2, 0.25) is 0 Å². The molecule has 0 saturated heterocycles. The van der Waals surface area contributed by atoms with Crippen molar-refractivity contribution in [2.45, 2.75) is 77.6 Å². The number of ether oxygens (including phenoxy) is 3. The molecule has 146 valence electrons. The Morgan fingerprint density at radius 1 is 0.840 bits per heavy atom. The lowest BCUT2D eigenvalue weighted by atomic mass is 10.1. The number of esters is 3. The molecule has 0 aromatic rings. The Morgan fingerprint density at radius 3 is 1.80 bits per heavy atom. The number of carbonyl (C=O) groups is 3. The number of aliphatic hydroxyl groups excluding tert-OH is 2. The maximum absolute atomic E-state index is 11.8. The summed E-state index contributed by atoms with van der Waals surface area (Å²) < 4.78 is 15.4. The Balaban J connectivity index is 5.16. The molecule has 8 heteroatoms. The first kappa shape index (κ1) is 23.3. The molecule has 0 aliphatic heterocycles. The van der Waals surface area contributed by atoms with Gasteiger partial charge in [-0.1, -0.05) is 20.8 Å². The van der Waals surface area contributed by atoms with E-state index in [-0.39, 0.29) is 25.9 Å². The summed E-state index contributed by atoms with van der Waals surface area (Å²) in [6.07, 6.45) is -1.88. The van der Waals surface area contributed by atoms with Crippen LogP contribution in [0.25, 0.3) is 0 Å². The van der Waals surface area contributed by atoms with Crippen LogP contribution < -0.4 is 0 Å². The van der Waals surface area contributed by atoms with E-state index in [1.165, 1.54) is 0 Å². The van der Waals surface area contributed by atoms with Crippen LogP contribution in [0.3, 0.4) is 0 Å². The second-order valence-electron chi connectivity index (χ2n) is 5.67. The molecule has 0 amide bonds. The molecule has 0 heterocycles. The van der Waals surface area contributed by atoms with Gasteiger partial charge in [-0.3, -0.25) is 14.4 Å². The molecule has 3 atom stereocenters. The maximum atomic E-state index is 11.8. The minimum absolute atomic E-state index is 0.111. The van der Waals surface area contributed by atoms with Gasteiger partial charge in [0.05, 0.1) is 6.61 Å². The summed E-state index contributed by atoms with van der Waals surface area (Å²) in [6.45, 7) is 4.32. The third-order valence-electron chi connectivity index (χ3n) is 3.25. The molecule has 0 aliphatic rings. The molecule has 0 unspecified atom stereocenters. The van der Waals surface area contributed by atoms with E-state index in [0.29, 0.717) is 19.3 Å². The Kier molecular flexibility index (Phi) is 12.7. The van der Waals surface area contributed by atoms with Gasteiger partial charge in [-0.05, 0) is 19.3 Å². The van der Waals surface area contributed by atoms with Crippen LogP contribution in [0.4, 0.5) is 0 Å². The quantitative estimate of drug-likeness (QED) is 0.369. The first-order chi connectivity index (χ1) is 11.9. The van der Waals surface area contributed by atoms with Crippen LogP contribution >= 0.6 is 0 Å². The van der Waals surface area contributed by atoms with Gasteiger partial charge in [0.15, 0.2) is 12.2 Å². The van der Waals surface area contributed by atoms with E-state index in [4.69, 9.17) is 14.2 Å².